The molecule has 0 radical (unpaired) electrons. The first kappa shape index (κ1) is 20.8. The van der Waals surface area contributed by atoms with E-state index in [4.69, 9.17) is 19.9 Å². The van der Waals surface area contributed by atoms with Gasteiger partial charge in [-0.15, -0.1) is 0 Å². The number of hydrogen-bond donors (Lipinski definition) is 2. The number of methoxy groups -OCH3 is 3. The average Bonchev–Trinajstić information content (AvgIpc) is 3.26. The summed E-state index contributed by atoms with van der Waals surface area (Å²) in [5, 5.41) is 3.53. The van der Waals surface area contributed by atoms with Crippen molar-refractivity contribution < 1.29 is 23.4 Å². The molecular weight excluding hydrogens is 419 g/mol. The molecule has 0 bridgehead atoms. The first-order valence-electron chi connectivity index (χ1n) is 9.32. The number of carbonyl (C=O) groups excluding carboxylic acids is 1. The van der Waals surface area contributed by atoms with Crippen LogP contribution in [0.2, 0.25) is 0 Å². The summed E-state index contributed by atoms with van der Waals surface area (Å²) in [4.78, 5) is 24.1. The number of ether oxygens (including phenoxy) is 3. The molecule has 4 rings (SSSR count). The smallest absolute Gasteiger partial charge is 0.286 e. The van der Waals surface area contributed by atoms with Gasteiger partial charge in [0.15, 0.2) is 11.5 Å². The van der Waals surface area contributed by atoms with Crippen LogP contribution >= 0.6 is 0 Å². The Morgan fingerprint density at radius 1 is 1.06 bits per heavy atom. The summed E-state index contributed by atoms with van der Waals surface area (Å²) in [7, 11) is 4.58. The van der Waals surface area contributed by atoms with E-state index in [1.807, 2.05) is 0 Å². The van der Waals surface area contributed by atoms with Crippen LogP contribution in [0.3, 0.4) is 0 Å². The minimum absolute atomic E-state index is 0.236. The lowest BCUT2D eigenvalue weighted by Crippen LogP contribution is -2.16. The third-order valence-electron chi connectivity index (χ3n) is 4.66. The molecule has 2 aromatic carbocycles. The predicted molar refractivity (Wildman–Crippen MR) is 115 cm³/mol. The SMILES string of the molecule is COc1cc(-n2cnc(Nc3nc(C(N)=O)nc4cc(F)ccc34)c2)cc(OC)c1OC. The number of hydrogen-bond acceptors (Lipinski definition) is 8. The number of primary amides is 1. The van der Waals surface area contributed by atoms with E-state index >= 15 is 0 Å². The standard InChI is InChI=1S/C21H19FN6O4/c1-30-15-7-12(8-16(31-2)18(15)32-3)28-9-17(24-10-28)26-20-13-5-4-11(22)6-14(13)25-21(27-20)19(23)29/h4-10H,1-3H3,(H2,23,29)(H,25,26,27). The largest absolute Gasteiger partial charge is 0.493 e. The molecule has 0 aliphatic heterocycles. The number of rotatable bonds is 7. The van der Waals surface area contributed by atoms with Gasteiger partial charge in [0.05, 0.1) is 38.7 Å². The number of imidazole rings is 1. The Morgan fingerprint density at radius 3 is 2.41 bits per heavy atom. The van der Waals surface area contributed by atoms with E-state index in [1.54, 1.807) is 29.2 Å². The van der Waals surface area contributed by atoms with Crippen LogP contribution in [0.25, 0.3) is 16.6 Å². The summed E-state index contributed by atoms with van der Waals surface area (Å²) in [6, 6.07) is 7.51. The van der Waals surface area contributed by atoms with Crippen molar-refractivity contribution in [1.82, 2.24) is 19.5 Å². The molecule has 10 nitrogen and oxygen atoms in total. The molecule has 164 valence electrons. The molecule has 11 heteroatoms. The summed E-state index contributed by atoms with van der Waals surface area (Å²) >= 11 is 0. The molecular formula is C21H19FN6O4. The van der Waals surface area contributed by atoms with Gasteiger partial charge in [-0.05, 0) is 12.1 Å². The monoisotopic (exact) mass is 438 g/mol. The maximum absolute atomic E-state index is 13.7. The molecule has 4 aromatic rings. The summed E-state index contributed by atoms with van der Waals surface area (Å²) < 4.78 is 31.5. The second kappa shape index (κ2) is 8.38. The van der Waals surface area contributed by atoms with Crippen molar-refractivity contribution in [1.29, 1.82) is 0 Å². The van der Waals surface area contributed by atoms with Gasteiger partial charge in [-0.25, -0.2) is 19.3 Å². The van der Waals surface area contributed by atoms with Crippen LogP contribution < -0.4 is 25.3 Å². The number of halogens is 1. The third kappa shape index (κ3) is 3.83. The number of carbonyl (C=O) groups is 1. The number of nitrogens with zero attached hydrogens (tertiary/aromatic N) is 4. The fraction of sp³-hybridized carbons (Fsp3) is 0.143. The second-order valence-electron chi connectivity index (χ2n) is 6.60. The van der Waals surface area contributed by atoms with Gasteiger partial charge in [0.2, 0.25) is 11.6 Å². The van der Waals surface area contributed by atoms with Gasteiger partial charge in [-0.2, -0.15) is 0 Å². The highest BCUT2D eigenvalue weighted by molar-refractivity contribution is 5.96. The van der Waals surface area contributed by atoms with Crippen LogP contribution in [0.1, 0.15) is 10.6 Å². The Morgan fingerprint density at radius 2 is 1.78 bits per heavy atom. The molecule has 32 heavy (non-hydrogen) atoms. The van der Waals surface area contributed by atoms with E-state index in [-0.39, 0.29) is 17.2 Å². The normalized spacial score (nSPS) is 10.8. The van der Waals surface area contributed by atoms with E-state index in [0.29, 0.717) is 34.1 Å². The van der Waals surface area contributed by atoms with Crippen LogP contribution in [-0.4, -0.2) is 46.8 Å². The van der Waals surface area contributed by atoms with Gasteiger partial charge in [0, 0.05) is 23.6 Å². The van der Waals surface area contributed by atoms with Crippen LogP contribution in [-0.2, 0) is 0 Å². The molecule has 0 saturated heterocycles. The number of nitrogens with one attached hydrogen (secondary N) is 1. The zero-order valence-corrected chi connectivity index (χ0v) is 17.4. The highest BCUT2D eigenvalue weighted by Crippen LogP contribution is 2.39. The van der Waals surface area contributed by atoms with Crippen molar-refractivity contribution in [2.75, 3.05) is 26.6 Å². The van der Waals surface area contributed by atoms with Crippen LogP contribution in [0, 0.1) is 5.82 Å². The van der Waals surface area contributed by atoms with Gasteiger partial charge >= 0.3 is 0 Å². The highest BCUT2D eigenvalue weighted by Gasteiger charge is 2.16. The number of fused-ring (bicyclic) bond motifs is 1. The maximum Gasteiger partial charge on any atom is 0.286 e. The molecule has 0 unspecified atom stereocenters. The first-order chi connectivity index (χ1) is 15.4. The first-order valence-corrected chi connectivity index (χ1v) is 9.32. The van der Waals surface area contributed by atoms with Crippen LogP contribution in [0.15, 0.2) is 42.9 Å². The minimum atomic E-state index is -0.831. The quantitative estimate of drug-likeness (QED) is 0.451. The molecule has 0 aliphatic carbocycles. The Labute approximate surface area is 181 Å². The lowest BCUT2D eigenvalue weighted by atomic mass is 10.2. The van der Waals surface area contributed by atoms with Crippen LogP contribution in [0.5, 0.6) is 17.2 Å². The van der Waals surface area contributed by atoms with Gasteiger partial charge in [-0.1, -0.05) is 0 Å². The number of anilines is 2. The van der Waals surface area contributed by atoms with Crippen molar-refractivity contribution in [3.05, 3.63) is 54.5 Å². The molecule has 2 heterocycles. The Balaban J connectivity index is 1.73. The van der Waals surface area contributed by atoms with Crippen molar-refractivity contribution in [3.8, 4) is 22.9 Å². The van der Waals surface area contributed by atoms with Crippen LogP contribution in [0.4, 0.5) is 16.0 Å². The van der Waals surface area contributed by atoms with E-state index in [2.05, 4.69) is 20.3 Å². The van der Waals surface area contributed by atoms with Crippen molar-refractivity contribution in [2.45, 2.75) is 0 Å². The lowest BCUT2D eigenvalue weighted by molar-refractivity contribution is 0.0991. The minimum Gasteiger partial charge on any atom is -0.493 e. The third-order valence-corrected chi connectivity index (χ3v) is 4.66. The number of amides is 1. The Hall–Kier alpha value is -4.41. The van der Waals surface area contributed by atoms with E-state index in [1.165, 1.54) is 39.5 Å². The average molecular weight is 438 g/mol. The zero-order chi connectivity index (χ0) is 22.8. The van der Waals surface area contributed by atoms with E-state index in [9.17, 15) is 9.18 Å². The molecule has 0 aliphatic rings. The molecule has 0 atom stereocenters. The molecule has 2 aromatic heterocycles. The van der Waals surface area contributed by atoms with E-state index in [0.717, 1.165) is 0 Å². The molecule has 1 amide bonds. The van der Waals surface area contributed by atoms with Crippen molar-refractivity contribution in [3.63, 3.8) is 0 Å². The molecule has 0 fully saturated rings. The van der Waals surface area contributed by atoms with Gasteiger partial charge in [0.1, 0.15) is 23.8 Å². The maximum atomic E-state index is 13.7. The second-order valence-corrected chi connectivity index (χ2v) is 6.60. The van der Waals surface area contributed by atoms with E-state index < -0.39 is 11.7 Å². The number of benzene rings is 2. The Bertz CT molecular complexity index is 1300. The number of aromatic nitrogens is 4. The van der Waals surface area contributed by atoms with Gasteiger partial charge in [0.25, 0.3) is 5.91 Å². The topological polar surface area (TPSA) is 126 Å². The van der Waals surface area contributed by atoms with Gasteiger partial charge in [-0.3, -0.25) is 4.79 Å². The summed E-state index contributed by atoms with van der Waals surface area (Å²) in [6.45, 7) is 0. The summed E-state index contributed by atoms with van der Waals surface area (Å²) in [5.41, 5.74) is 6.26. The zero-order valence-electron chi connectivity index (χ0n) is 17.4. The van der Waals surface area contributed by atoms with Gasteiger partial charge < -0.3 is 29.8 Å². The Kier molecular flexibility index (Phi) is 5.46. The van der Waals surface area contributed by atoms with Crippen molar-refractivity contribution in [2.24, 2.45) is 5.73 Å². The number of nitrogens with two attached hydrogens (primary N) is 1. The fourth-order valence-corrected chi connectivity index (χ4v) is 3.17. The molecule has 3 N–H and O–H groups in total. The predicted octanol–water partition coefficient (Wildman–Crippen LogP) is 2.82. The van der Waals surface area contributed by atoms with Crippen molar-refractivity contribution >= 4 is 28.4 Å². The summed E-state index contributed by atoms with van der Waals surface area (Å²) in [5.74, 6) is 0.550. The fourth-order valence-electron chi connectivity index (χ4n) is 3.17. The molecule has 0 saturated carbocycles. The highest BCUT2D eigenvalue weighted by atomic mass is 19.1. The summed E-state index contributed by atoms with van der Waals surface area (Å²) in [6.07, 6.45) is 3.27. The lowest BCUT2D eigenvalue weighted by Gasteiger charge is -2.14. The molecule has 0 spiro atoms.